The van der Waals surface area contributed by atoms with Gasteiger partial charge in [0.05, 0.1) is 5.41 Å². The molecule has 0 saturated heterocycles. The zero-order valence-electron chi connectivity index (χ0n) is 18.8. The minimum Gasteiger partial charge on any atom is -0.359 e. The molecule has 1 saturated carbocycles. The van der Waals surface area contributed by atoms with Crippen LogP contribution >= 0.6 is 11.5 Å². The second-order valence-corrected chi connectivity index (χ2v) is 10.8. The monoisotopic (exact) mass is 407 g/mol. The number of aryl methyl sites for hydroxylation is 1. The van der Waals surface area contributed by atoms with Gasteiger partial charge in [-0.05, 0) is 63.4 Å². The zero-order chi connectivity index (χ0) is 21.3. The number of amides is 2. The molecule has 2 rings (SSSR count). The number of carbonyl (C=O) groups is 2. The minimum absolute atomic E-state index is 0.0122. The molecule has 1 heterocycles. The molecule has 0 aromatic carbocycles. The lowest BCUT2D eigenvalue weighted by Gasteiger charge is -2.39. The highest BCUT2D eigenvalue weighted by atomic mass is 32.1. The van der Waals surface area contributed by atoms with E-state index in [-0.39, 0.29) is 23.3 Å². The largest absolute Gasteiger partial charge is 0.359 e. The predicted molar refractivity (Wildman–Crippen MR) is 115 cm³/mol. The molecule has 1 aromatic rings. The summed E-state index contributed by atoms with van der Waals surface area (Å²) in [5.41, 5.74) is 0.130. The van der Waals surface area contributed by atoms with Gasteiger partial charge in [0.25, 0.3) is 5.91 Å². The molecule has 0 aliphatic heterocycles. The predicted octanol–water partition coefficient (Wildman–Crippen LogP) is 4.26. The molecular weight excluding hydrogens is 370 g/mol. The zero-order valence-corrected chi connectivity index (χ0v) is 19.6. The number of nitrogens with zero attached hydrogens (tertiary/aromatic N) is 2. The van der Waals surface area contributed by atoms with E-state index in [1.165, 1.54) is 0 Å². The van der Waals surface area contributed by atoms with Crippen molar-refractivity contribution >= 4 is 23.3 Å². The first-order valence-electron chi connectivity index (χ1n) is 10.4. The van der Waals surface area contributed by atoms with E-state index in [0.717, 1.165) is 29.5 Å². The van der Waals surface area contributed by atoms with E-state index >= 15 is 0 Å². The lowest BCUT2D eigenvalue weighted by atomic mass is 9.65. The normalized spacial score (nSPS) is 25.1. The first-order chi connectivity index (χ1) is 12.9. The van der Waals surface area contributed by atoms with Gasteiger partial charge in [-0.2, -0.15) is 0 Å². The van der Waals surface area contributed by atoms with Gasteiger partial charge in [0.1, 0.15) is 4.67 Å². The van der Waals surface area contributed by atoms with Crippen LogP contribution in [0.5, 0.6) is 0 Å². The summed E-state index contributed by atoms with van der Waals surface area (Å²) in [6, 6.07) is 0. The third kappa shape index (κ3) is 4.12. The van der Waals surface area contributed by atoms with E-state index in [2.05, 4.69) is 48.2 Å². The van der Waals surface area contributed by atoms with Crippen LogP contribution in [0.3, 0.4) is 0 Å². The molecule has 28 heavy (non-hydrogen) atoms. The summed E-state index contributed by atoms with van der Waals surface area (Å²) in [6.45, 7) is 14.7. The van der Waals surface area contributed by atoms with Crippen molar-refractivity contribution in [3.8, 4) is 0 Å². The van der Waals surface area contributed by atoms with Crippen LogP contribution in [0.25, 0.3) is 0 Å². The molecule has 0 spiro atoms. The Bertz CT molecular complexity index is 797. The molecule has 158 valence electrons. The second kappa shape index (κ2) is 8.13. The number of hydrogen-bond acceptors (Lipinski definition) is 3. The quantitative estimate of drug-likeness (QED) is 0.792. The Balaban J connectivity index is 2.41. The van der Waals surface area contributed by atoms with Gasteiger partial charge in [-0.25, -0.2) is 4.99 Å². The van der Waals surface area contributed by atoms with Crippen molar-refractivity contribution in [2.45, 2.75) is 86.1 Å². The van der Waals surface area contributed by atoms with Gasteiger partial charge in [-0.1, -0.05) is 34.1 Å². The first kappa shape index (κ1) is 22.9. The molecule has 2 amide bonds. The smallest absolute Gasteiger partial charge is 0.250 e. The summed E-state index contributed by atoms with van der Waals surface area (Å²) in [7, 11) is 1.67. The Hall–Kier alpha value is -1.43. The maximum absolute atomic E-state index is 13.2. The van der Waals surface area contributed by atoms with Gasteiger partial charge in [0, 0.05) is 30.3 Å². The second-order valence-electron chi connectivity index (χ2n) is 9.83. The van der Waals surface area contributed by atoms with Crippen molar-refractivity contribution in [3.05, 3.63) is 16.4 Å². The average molecular weight is 408 g/mol. The molecule has 1 aliphatic carbocycles. The Morgan fingerprint density at radius 2 is 1.96 bits per heavy atom. The number of aromatic nitrogens is 1. The van der Waals surface area contributed by atoms with E-state index in [9.17, 15) is 9.59 Å². The summed E-state index contributed by atoms with van der Waals surface area (Å²) < 4.78 is 3.02. The van der Waals surface area contributed by atoms with Crippen molar-refractivity contribution in [3.63, 3.8) is 0 Å². The van der Waals surface area contributed by atoms with Crippen molar-refractivity contribution in [1.82, 2.24) is 9.27 Å². The van der Waals surface area contributed by atoms with Crippen LogP contribution in [-0.4, -0.2) is 22.8 Å². The molecule has 1 aliphatic rings. The minimum atomic E-state index is -0.552. The van der Waals surface area contributed by atoms with E-state index in [4.69, 9.17) is 0 Å². The fraction of sp³-hybridized carbons (Fsp3) is 0.773. The number of unbranched alkanes of at least 4 members (excludes halogenated alkanes) is 1. The van der Waals surface area contributed by atoms with Crippen LogP contribution in [0.1, 0.15) is 79.7 Å². The Morgan fingerprint density at radius 1 is 1.32 bits per heavy atom. The Kier molecular flexibility index (Phi) is 6.64. The topological polar surface area (TPSA) is 63.5 Å². The lowest BCUT2D eigenvalue weighted by molar-refractivity contribution is -0.137. The highest BCUT2D eigenvalue weighted by Gasteiger charge is 2.57. The van der Waals surface area contributed by atoms with E-state index in [0.29, 0.717) is 12.8 Å². The Morgan fingerprint density at radius 3 is 2.50 bits per heavy atom. The summed E-state index contributed by atoms with van der Waals surface area (Å²) in [6.07, 6.45) is 6.70. The molecule has 1 N–H and O–H groups in total. The number of nitrogens with one attached hydrogen (secondary N) is 1. The van der Waals surface area contributed by atoms with E-state index in [1.807, 2.05) is 20.8 Å². The van der Waals surface area contributed by atoms with Gasteiger partial charge in [0.15, 0.2) is 0 Å². The third-order valence-corrected chi connectivity index (χ3v) is 8.03. The molecular formula is C22H37N3O2S. The molecule has 1 aromatic heterocycles. The highest BCUT2D eigenvalue weighted by molar-refractivity contribution is 7.04. The molecule has 2 atom stereocenters. The van der Waals surface area contributed by atoms with Crippen LogP contribution < -0.4 is 9.99 Å². The van der Waals surface area contributed by atoms with Crippen LogP contribution in [0.15, 0.2) is 11.2 Å². The molecule has 0 unspecified atom stereocenters. The maximum Gasteiger partial charge on any atom is 0.250 e. The summed E-state index contributed by atoms with van der Waals surface area (Å²) in [4.78, 5) is 30.3. The van der Waals surface area contributed by atoms with Gasteiger partial charge in [-0.3, -0.25) is 13.5 Å². The third-order valence-electron chi connectivity index (χ3n) is 6.66. The average Bonchev–Trinajstić information content (AvgIpc) is 3.11. The van der Waals surface area contributed by atoms with Crippen molar-refractivity contribution in [2.24, 2.45) is 21.7 Å². The maximum atomic E-state index is 13.2. The van der Waals surface area contributed by atoms with E-state index in [1.54, 1.807) is 18.6 Å². The standard InChI is InChI=1S/C22H37N3O2S/c1-9-10-11-15-14-25(20(2,3)4)28-18(15)24-17(26)16-12-13-22(7,19(27)23-8)21(16,5)6/h14,16H,9-13H2,1-8H3,(H,23,27)/t16-,22+/m1/s1. The SMILES string of the molecule is CCCCc1cn(C(C)(C)C)sc1=NC(=O)[C@H]1CC[C@@](C)(C(=O)NC)C1(C)C. The fourth-order valence-corrected chi connectivity index (χ4v) is 5.17. The summed E-state index contributed by atoms with van der Waals surface area (Å²) >= 11 is 1.56. The molecule has 6 heteroatoms. The van der Waals surface area contributed by atoms with Gasteiger partial charge in [0.2, 0.25) is 5.91 Å². The highest BCUT2D eigenvalue weighted by Crippen LogP contribution is 2.56. The van der Waals surface area contributed by atoms with Crippen molar-refractivity contribution < 1.29 is 9.59 Å². The number of carbonyl (C=O) groups excluding carboxylic acids is 2. The van der Waals surface area contributed by atoms with Crippen LogP contribution in [-0.2, 0) is 21.5 Å². The fourth-order valence-electron chi connectivity index (χ4n) is 4.13. The number of hydrogen-bond donors (Lipinski definition) is 1. The van der Waals surface area contributed by atoms with Gasteiger partial charge < -0.3 is 5.32 Å². The van der Waals surface area contributed by atoms with E-state index < -0.39 is 10.8 Å². The Labute approximate surface area is 173 Å². The van der Waals surface area contributed by atoms with Crippen molar-refractivity contribution in [2.75, 3.05) is 7.05 Å². The molecule has 5 nitrogen and oxygen atoms in total. The van der Waals surface area contributed by atoms with Crippen LogP contribution in [0, 0.1) is 16.7 Å². The summed E-state index contributed by atoms with van der Waals surface area (Å²) in [5.74, 6) is -0.310. The summed E-state index contributed by atoms with van der Waals surface area (Å²) in [5, 5.41) is 2.78. The number of rotatable bonds is 5. The van der Waals surface area contributed by atoms with Crippen molar-refractivity contribution in [1.29, 1.82) is 0 Å². The van der Waals surface area contributed by atoms with Gasteiger partial charge >= 0.3 is 0 Å². The first-order valence-corrected chi connectivity index (χ1v) is 11.2. The van der Waals surface area contributed by atoms with Gasteiger partial charge in [-0.15, -0.1) is 0 Å². The van der Waals surface area contributed by atoms with Crippen LogP contribution in [0.4, 0.5) is 0 Å². The van der Waals surface area contributed by atoms with Crippen LogP contribution in [0.2, 0.25) is 0 Å². The lowest BCUT2D eigenvalue weighted by Crippen LogP contribution is -2.47. The molecule has 0 bridgehead atoms. The molecule has 1 fully saturated rings. The molecule has 0 radical (unpaired) electrons.